The minimum absolute atomic E-state index is 0.0171. The van der Waals surface area contributed by atoms with E-state index in [-0.39, 0.29) is 18.2 Å². The highest BCUT2D eigenvalue weighted by molar-refractivity contribution is 6.33. The van der Waals surface area contributed by atoms with Crippen LogP contribution in [0, 0.1) is 5.82 Å². The van der Waals surface area contributed by atoms with Crippen molar-refractivity contribution in [1.29, 1.82) is 0 Å². The Bertz CT molecular complexity index is 979. The molecule has 0 radical (unpaired) electrons. The predicted molar refractivity (Wildman–Crippen MR) is 108 cm³/mol. The number of carbonyl (C=O) groups is 2. The summed E-state index contributed by atoms with van der Waals surface area (Å²) in [5, 5.41) is 5.84. The Morgan fingerprint density at radius 2 is 1.64 bits per heavy atom. The lowest BCUT2D eigenvalue weighted by Gasteiger charge is -2.19. The van der Waals surface area contributed by atoms with Crippen LogP contribution in [0.15, 0.2) is 78.9 Å². The van der Waals surface area contributed by atoms with Crippen LogP contribution in [0.5, 0.6) is 0 Å². The summed E-state index contributed by atoms with van der Waals surface area (Å²) in [5.41, 5.74) is 1.46. The van der Waals surface area contributed by atoms with E-state index in [0.29, 0.717) is 16.3 Å². The van der Waals surface area contributed by atoms with E-state index in [1.54, 1.807) is 30.3 Å². The molecule has 0 spiro atoms. The summed E-state index contributed by atoms with van der Waals surface area (Å²) in [4.78, 5) is 25.1. The van der Waals surface area contributed by atoms with E-state index >= 15 is 0 Å². The molecule has 2 N–H and O–H groups in total. The van der Waals surface area contributed by atoms with Crippen molar-refractivity contribution in [3.8, 4) is 0 Å². The maximum Gasteiger partial charge on any atom is 0.253 e. The van der Waals surface area contributed by atoms with Gasteiger partial charge in [-0.1, -0.05) is 60.1 Å². The van der Waals surface area contributed by atoms with Gasteiger partial charge in [-0.2, -0.15) is 0 Å². The average molecular weight is 397 g/mol. The van der Waals surface area contributed by atoms with Crippen molar-refractivity contribution in [1.82, 2.24) is 5.32 Å². The number of anilines is 1. The van der Waals surface area contributed by atoms with Crippen molar-refractivity contribution in [2.75, 3.05) is 5.32 Å². The lowest BCUT2D eigenvalue weighted by molar-refractivity contribution is -0.116. The van der Waals surface area contributed by atoms with Gasteiger partial charge in [0.2, 0.25) is 5.91 Å². The molecule has 0 aliphatic rings. The first kappa shape index (κ1) is 19.6. The smallest absolute Gasteiger partial charge is 0.253 e. The summed E-state index contributed by atoms with van der Waals surface area (Å²) < 4.78 is 13.3. The highest BCUT2D eigenvalue weighted by Gasteiger charge is 2.20. The van der Waals surface area contributed by atoms with Crippen LogP contribution in [0.4, 0.5) is 10.1 Å². The number of carbonyl (C=O) groups excluding carboxylic acids is 2. The van der Waals surface area contributed by atoms with Crippen LogP contribution < -0.4 is 10.6 Å². The van der Waals surface area contributed by atoms with E-state index < -0.39 is 11.9 Å². The van der Waals surface area contributed by atoms with Crippen molar-refractivity contribution in [3.63, 3.8) is 0 Å². The molecule has 28 heavy (non-hydrogen) atoms. The summed E-state index contributed by atoms with van der Waals surface area (Å²) >= 11 is 6.10. The fourth-order valence-corrected chi connectivity index (χ4v) is 3.00. The molecule has 3 rings (SSSR count). The zero-order chi connectivity index (χ0) is 19.9. The maximum atomic E-state index is 13.3. The minimum atomic E-state index is -0.571. The summed E-state index contributed by atoms with van der Waals surface area (Å²) in [6.07, 6.45) is -0.0171. The third kappa shape index (κ3) is 5.18. The fourth-order valence-electron chi connectivity index (χ4n) is 2.78. The van der Waals surface area contributed by atoms with Gasteiger partial charge in [-0.25, -0.2) is 4.39 Å². The lowest BCUT2D eigenvalue weighted by Crippen LogP contribution is -2.31. The second-order valence-electron chi connectivity index (χ2n) is 6.18. The van der Waals surface area contributed by atoms with Crippen LogP contribution in [0.25, 0.3) is 0 Å². The molecular weight excluding hydrogens is 379 g/mol. The van der Waals surface area contributed by atoms with Crippen molar-refractivity contribution in [3.05, 3.63) is 101 Å². The number of rotatable bonds is 6. The van der Waals surface area contributed by atoms with Gasteiger partial charge in [0, 0.05) is 5.69 Å². The van der Waals surface area contributed by atoms with Crippen LogP contribution in [-0.4, -0.2) is 11.8 Å². The fraction of sp³-hybridized carbons (Fsp3) is 0.0909. The van der Waals surface area contributed by atoms with Gasteiger partial charge in [0.15, 0.2) is 0 Å². The molecule has 6 heteroatoms. The van der Waals surface area contributed by atoms with Crippen molar-refractivity contribution in [2.24, 2.45) is 0 Å². The molecule has 0 fully saturated rings. The lowest BCUT2D eigenvalue weighted by atomic mass is 10.0. The van der Waals surface area contributed by atoms with E-state index in [9.17, 15) is 14.0 Å². The maximum absolute atomic E-state index is 13.3. The van der Waals surface area contributed by atoms with Gasteiger partial charge >= 0.3 is 0 Å². The summed E-state index contributed by atoms with van der Waals surface area (Å²) in [6, 6.07) is 20.9. The molecule has 0 aliphatic heterocycles. The SMILES string of the molecule is O=C(C[C@@H](NC(=O)c1ccccc1Cl)c1ccccc1)Nc1cccc(F)c1. The normalized spacial score (nSPS) is 11.5. The topological polar surface area (TPSA) is 58.2 Å². The van der Waals surface area contributed by atoms with Crippen molar-refractivity contribution in [2.45, 2.75) is 12.5 Å². The molecule has 2 amide bonds. The number of nitrogens with one attached hydrogen (secondary N) is 2. The Hall–Kier alpha value is -3.18. The molecule has 0 heterocycles. The van der Waals surface area contributed by atoms with E-state index in [0.717, 1.165) is 5.56 Å². The standard InChI is InChI=1S/C22H18ClFN2O2/c23-19-12-5-4-11-18(19)22(28)26-20(15-7-2-1-3-8-15)14-21(27)25-17-10-6-9-16(24)13-17/h1-13,20H,14H2,(H,25,27)(H,26,28)/t20-/m1/s1. The highest BCUT2D eigenvalue weighted by Crippen LogP contribution is 2.21. The Morgan fingerprint density at radius 3 is 2.36 bits per heavy atom. The first-order valence-electron chi connectivity index (χ1n) is 8.68. The second-order valence-corrected chi connectivity index (χ2v) is 6.59. The van der Waals surface area contributed by atoms with Crippen LogP contribution in [-0.2, 0) is 4.79 Å². The molecule has 0 aromatic heterocycles. The molecule has 0 bridgehead atoms. The van der Waals surface area contributed by atoms with Crippen LogP contribution in [0.3, 0.4) is 0 Å². The molecule has 142 valence electrons. The molecule has 1 atom stereocenters. The number of amides is 2. The quantitative estimate of drug-likeness (QED) is 0.617. The van der Waals surface area contributed by atoms with E-state index in [4.69, 9.17) is 11.6 Å². The Kier molecular flexibility index (Phi) is 6.40. The monoisotopic (exact) mass is 396 g/mol. The van der Waals surface area contributed by atoms with Gasteiger partial charge in [0.1, 0.15) is 5.82 Å². The van der Waals surface area contributed by atoms with Crippen LogP contribution in [0.2, 0.25) is 5.02 Å². The Labute approximate surface area is 167 Å². The van der Waals surface area contributed by atoms with E-state index in [1.165, 1.54) is 18.2 Å². The molecule has 3 aromatic carbocycles. The second kappa shape index (κ2) is 9.15. The predicted octanol–water partition coefficient (Wildman–Crippen LogP) is 4.98. The van der Waals surface area contributed by atoms with Gasteiger partial charge in [-0.3, -0.25) is 9.59 Å². The molecule has 0 unspecified atom stereocenters. The minimum Gasteiger partial charge on any atom is -0.345 e. The van der Waals surface area contributed by atoms with Gasteiger partial charge in [0.05, 0.1) is 23.0 Å². The molecule has 4 nitrogen and oxygen atoms in total. The van der Waals surface area contributed by atoms with Crippen molar-refractivity contribution >= 4 is 29.1 Å². The molecular formula is C22H18ClFN2O2. The Balaban J connectivity index is 1.77. The van der Waals surface area contributed by atoms with Crippen molar-refractivity contribution < 1.29 is 14.0 Å². The molecule has 0 saturated heterocycles. The van der Waals surface area contributed by atoms with Gasteiger partial charge < -0.3 is 10.6 Å². The molecule has 0 aliphatic carbocycles. The summed E-state index contributed by atoms with van der Waals surface area (Å²) in [5.74, 6) is -1.17. The number of hydrogen-bond donors (Lipinski definition) is 2. The third-order valence-electron chi connectivity index (χ3n) is 4.12. The molecule has 0 saturated carbocycles. The first-order chi connectivity index (χ1) is 13.5. The third-order valence-corrected chi connectivity index (χ3v) is 4.45. The molecule has 3 aromatic rings. The highest BCUT2D eigenvalue weighted by atomic mass is 35.5. The Morgan fingerprint density at radius 1 is 0.929 bits per heavy atom. The van der Waals surface area contributed by atoms with Crippen LogP contribution in [0.1, 0.15) is 28.4 Å². The average Bonchev–Trinajstić information content (AvgIpc) is 2.68. The number of hydrogen-bond acceptors (Lipinski definition) is 2. The van der Waals surface area contributed by atoms with E-state index in [2.05, 4.69) is 10.6 Å². The van der Waals surface area contributed by atoms with Crippen LogP contribution >= 0.6 is 11.6 Å². The van der Waals surface area contributed by atoms with Gasteiger partial charge in [-0.15, -0.1) is 0 Å². The zero-order valence-corrected chi connectivity index (χ0v) is 15.6. The summed E-state index contributed by atoms with van der Waals surface area (Å²) in [7, 11) is 0. The summed E-state index contributed by atoms with van der Waals surface area (Å²) in [6.45, 7) is 0. The number of halogens is 2. The van der Waals surface area contributed by atoms with Gasteiger partial charge in [-0.05, 0) is 35.9 Å². The van der Waals surface area contributed by atoms with Gasteiger partial charge in [0.25, 0.3) is 5.91 Å². The number of benzene rings is 3. The first-order valence-corrected chi connectivity index (χ1v) is 9.06. The van der Waals surface area contributed by atoms with E-state index in [1.807, 2.05) is 30.3 Å². The largest absolute Gasteiger partial charge is 0.345 e. The zero-order valence-electron chi connectivity index (χ0n) is 14.9.